The summed E-state index contributed by atoms with van der Waals surface area (Å²) in [5.41, 5.74) is 8.38. The molecule has 76 valence electrons. The lowest BCUT2D eigenvalue weighted by Crippen LogP contribution is -2.10. The Morgan fingerprint density at radius 2 is 2.21 bits per heavy atom. The summed E-state index contributed by atoms with van der Waals surface area (Å²) in [6.45, 7) is 7.45. The Hall–Kier alpha value is -1.15. The third-order valence-corrected chi connectivity index (χ3v) is 2.19. The lowest BCUT2D eigenvalue weighted by atomic mass is 10.00. The highest BCUT2D eigenvalue weighted by Crippen LogP contribution is 2.19. The van der Waals surface area contributed by atoms with Gasteiger partial charge in [0, 0.05) is 6.04 Å². The van der Waals surface area contributed by atoms with Crippen molar-refractivity contribution in [3.63, 3.8) is 0 Å². The Bertz CT molecular complexity index is 344. The second-order valence-corrected chi connectivity index (χ2v) is 3.78. The van der Waals surface area contributed by atoms with E-state index in [9.17, 15) is 4.39 Å². The highest BCUT2D eigenvalue weighted by Gasteiger charge is 2.07. The van der Waals surface area contributed by atoms with Crippen molar-refractivity contribution in [2.24, 2.45) is 5.73 Å². The van der Waals surface area contributed by atoms with Crippen molar-refractivity contribution in [2.75, 3.05) is 0 Å². The van der Waals surface area contributed by atoms with E-state index in [2.05, 4.69) is 6.58 Å². The van der Waals surface area contributed by atoms with Crippen LogP contribution in [0.2, 0.25) is 0 Å². The molecule has 2 N–H and O–H groups in total. The Kier molecular flexibility index (Phi) is 3.42. The first-order valence-corrected chi connectivity index (χ1v) is 4.66. The summed E-state index contributed by atoms with van der Waals surface area (Å²) in [5.74, 6) is -0.195. The monoisotopic (exact) mass is 193 g/mol. The van der Waals surface area contributed by atoms with E-state index in [1.54, 1.807) is 13.0 Å². The molecule has 1 atom stereocenters. The van der Waals surface area contributed by atoms with Crippen molar-refractivity contribution >= 4 is 0 Å². The predicted molar refractivity (Wildman–Crippen MR) is 57.5 cm³/mol. The lowest BCUT2D eigenvalue weighted by Gasteiger charge is -2.12. The van der Waals surface area contributed by atoms with E-state index in [0.29, 0.717) is 12.0 Å². The lowest BCUT2D eigenvalue weighted by molar-refractivity contribution is 0.609. The van der Waals surface area contributed by atoms with Crippen LogP contribution in [0, 0.1) is 12.7 Å². The molecule has 0 heterocycles. The van der Waals surface area contributed by atoms with Gasteiger partial charge >= 0.3 is 0 Å². The number of hydrogen-bond acceptors (Lipinski definition) is 1. The van der Waals surface area contributed by atoms with Gasteiger partial charge in [-0.2, -0.15) is 0 Å². The van der Waals surface area contributed by atoms with Crippen molar-refractivity contribution in [3.8, 4) is 0 Å². The van der Waals surface area contributed by atoms with Gasteiger partial charge in [0.05, 0.1) is 0 Å². The van der Waals surface area contributed by atoms with Crippen LogP contribution < -0.4 is 5.73 Å². The fourth-order valence-corrected chi connectivity index (χ4v) is 1.33. The van der Waals surface area contributed by atoms with Crippen molar-refractivity contribution in [3.05, 3.63) is 47.3 Å². The SMILES string of the molecule is C=C(C)C[C@@H](N)c1ccc(C)c(F)c1. The smallest absolute Gasteiger partial charge is 0.126 e. The van der Waals surface area contributed by atoms with E-state index in [-0.39, 0.29) is 11.9 Å². The first-order chi connectivity index (χ1) is 6.50. The van der Waals surface area contributed by atoms with Gasteiger partial charge in [-0.3, -0.25) is 0 Å². The molecule has 2 heteroatoms. The zero-order valence-corrected chi connectivity index (χ0v) is 8.68. The van der Waals surface area contributed by atoms with Gasteiger partial charge in [-0.25, -0.2) is 4.39 Å². The summed E-state index contributed by atoms with van der Waals surface area (Å²) in [7, 11) is 0. The maximum absolute atomic E-state index is 13.2. The van der Waals surface area contributed by atoms with E-state index < -0.39 is 0 Å². The van der Waals surface area contributed by atoms with Crippen molar-refractivity contribution in [1.29, 1.82) is 0 Å². The number of hydrogen-bond donors (Lipinski definition) is 1. The molecule has 14 heavy (non-hydrogen) atoms. The van der Waals surface area contributed by atoms with Gasteiger partial charge in [-0.1, -0.05) is 17.7 Å². The average Bonchev–Trinajstić information content (AvgIpc) is 2.08. The van der Waals surface area contributed by atoms with E-state index in [4.69, 9.17) is 5.73 Å². The fourth-order valence-electron chi connectivity index (χ4n) is 1.33. The molecule has 0 aliphatic carbocycles. The Morgan fingerprint density at radius 1 is 1.57 bits per heavy atom. The molecule has 0 amide bonds. The molecular weight excluding hydrogens is 177 g/mol. The van der Waals surface area contributed by atoms with Crippen LogP contribution in [0.15, 0.2) is 30.4 Å². The maximum Gasteiger partial charge on any atom is 0.126 e. The largest absolute Gasteiger partial charge is 0.324 e. The quantitative estimate of drug-likeness (QED) is 0.733. The number of halogens is 1. The van der Waals surface area contributed by atoms with Crippen LogP contribution in [0.1, 0.15) is 30.5 Å². The highest BCUT2D eigenvalue weighted by molar-refractivity contribution is 5.26. The first kappa shape index (κ1) is 10.9. The van der Waals surface area contributed by atoms with Crippen LogP contribution in [-0.2, 0) is 0 Å². The zero-order valence-electron chi connectivity index (χ0n) is 8.68. The van der Waals surface area contributed by atoms with Gasteiger partial charge in [0.2, 0.25) is 0 Å². The second kappa shape index (κ2) is 4.38. The minimum atomic E-state index is -0.195. The molecule has 1 rings (SSSR count). The Balaban J connectivity index is 2.85. The predicted octanol–water partition coefficient (Wildman–Crippen LogP) is 3.10. The second-order valence-electron chi connectivity index (χ2n) is 3.78. The number of aryl methyl sites for hydroxylation is 1. The summed E-state index contributed by atoms with van der Waals surface area (Å²) < 4.78 is 13.2. The van der Waals surface area contributed by atoms with Gasteiger partial charge in [-0.05, 0) is 37.5 Å². The maximum atomic E-state index is 13.2. The Labute approximate surface area is 84.4 Å². The molecule has 0 aromatic heterocycles. The molecule has 1 nitrogen and oxygen atoms in total. The Morgan fingerprint density at radius 3 is 2.71 bits per heavy atom. The molecule has 0 saturated heterocycles. The summed E-state index contributed by atoms with van der Waals surface area (Å²) in [4.78, 5) is 0. The topological polar surface area (TPSA) is 26.0 Å². The van der Waals surface area contributed by atoms with Gasteiger partial charge < -0.3 is 5.73 Å². The molecule has 0 aliphatic heterocycles. The average molecular weight is 193 g/mol. The molecule has 0 saturated carbocycles. The molecule has 1 aromatic rings. The minimum Gasteiger partial charge on any atom is -0.324 e. The van der Waals surface area contributed by atoms with Crippen LogP contribution in [0.3, 0.4) is 0 Å². The fraction of sp³-hybridized carbons (Fsp3) is 0.333. The molecule has 0 spiro atoms. The minimum absolute atomic E-state index is 0.150. The van der Waals surface area contributed by atoms with E-state index >= 15 is 0 Å². The summed E-state index contributed by atoms with van der Waals surface area (Å²) in [5, 5.41) is 0. The molecular formula is C12H16FN. The van der Waals surface area contributed by atoms with Gasteiger partial charge in [0.25, 0.3) is 0 Å². The van der Waals surface area contributed by atoms with E-state index in [1.807, 2.05) is 13.0 Å². The number of benzene rings is 1. The van der Waals surface area contributed by atoms with Crippen LogP contribution in [-0.4, -0.2) is 0 Å². The van der Waals surface area contributed by atoms with Crippen LogP contribution >= 0.6 is 0 Å². The van der Waals surface area contributed by atoms with E-state index in [0.717, 1.165) is 11.1 Å². The normalized spacial score (nSPS) is 12.6. The first-order valence-electron chi connectivity index (χ1n) is 4.66. The molecule has 0 fully saturated rings. The number of nitrogens with two attached hydrogens (primary N) is 1. The van der Waals surface area contributed by atoms with Gasteiger partial charge in [0.15, 0.2) is 0 Å². The third-order valence-electron chi connectivity index (χ3n) is 2.19. The van der Waals surface area contributed by atoms with Crippen molar-refractivity contribution in [2.45, 2.75) is 26.3 Å². The number of rotatable bonds is 3. The van der Waals surface area contributed by atoms with E-state index in [1.165, 1.54) is 6.07 Å². The van der Waals surface area contributed by atoms with Crippen LogP contribution in [0.5, 0.6) is 0 Å². The molecule has 0 unspecified atom stereocenters. The van der Waals surface area contributed by atoms with Crippen molar-refractivity contribution in [1.82, 2.24) is 0 Å². The zero-order chi connectivity index (χ0) is 10.7. The van der Waals surface area contributed by atoms with Crippen LogP contribution in [0.25, 0.3) is 0 Å². The molecule has 0 aliphatic rings. The molecule has 1 aromatic carbocycles. The molecule has 0 radical (unpaired) electrons. The standard InChI is InChI=1S/C12H16FN/c1-8(2)6-12(14)10-5-4-9(3)11(13)7-10/h4-5,7,12H,1,6,14H2,2-3H3/t12-/m1/s1. The highest BCUT2D eigenvalue weighted by atomic mass is 19.1. The van der Waals surface area contributed by atoms with Gasteiger partial charge in [-0.15, -0.1) is 6.58 Å². The summed E-state index contributed by atoms with van der Waals surface area (Å²) >= 11 is 0. The molecule has 0 bridgehead atoms. The van der Waals surface area contributed by atoms with Crippen LogP contribution in [0.4, 0.5) is 4.39 Å². The summed E-state index contributed by atoms with van der Waals surface area (Å²) in [6, 6.07) is 4.97. The third kappa shape index (κ3) is 2.67. The van der Waals surface area contributed by atoms with Gasteiger partial charge in [0.1, 0.15) is 5.82 Å². The summed E-state index contributed by atoms with van der Waals surface area (Å²) in [6.07, 6.45) is 0.697. The van der Waals surface area contributed by atoms with Crippen molar-refractivity contribution < 1.29 is 4.39 Å².